The van der Waals surface area contributed by atoms with Crippen LogP contribution in [-0.2, 0) is 56.1 Å². The van der Waals surface area contributed by atoms with Gasteiger partial charge in [-0.15, -0.1) is 0 Å². The van der Waals surface area contributed by atoms with E-state index in [0.29, 0.717) is 25.0 Å². The zero-order valence-electron chi connectivity index (χ0n) is 47.3. The van der Waals surface area contributed by atoms with Gasteiger partial charge in [-0.2, -0.15) is 5.26 Å². The van der Waals surface area contributed by atoms with Crippen molar-refractivity contribution in [2.75, 3.05) is 111 Å². The van der Waals surface area contributed by atoms with Crippen LogP contribution < -0.4 is 31.9 Å². The molecular formula is C55H78F2IN13O13. The summed E-state index contributed by atoms with van der Waals surface area (Å²) >= 11 is 2.22. The quantitative estimate of drug-likeness (QED) is 0.0333. The monoisotopic (exact) mass is 1290 g/mol. The number of ketones is 1. The van der Waals surface area contributed by atoms with Gasteiger partial charge in [0, 0.05) is 133 Å². The number of aryl methyl sites for hydroxylation is 1. The standard InChI is InChI=1S/C55H78F2IN13O13/c1-38(54(84)71-37-55(56,57)30-43(71)31-59)65-52(82)40-14-18-61-42(29-40)32-60-17-15-44(72)12-13-47(74)66-45(53(83)64-20-19-63-46(73)7-4-5-39-8-10-41(58)11-9-39)6-2-3-16-62-48(75)33-67-21-23-68(34-49(76)77)25-27-70(36-51(80)81)28-26-69(24-22-67)35-50(78)79/h8-11,14,18,29,38,43,45,60H,2-7,12-13,15-17,19-28,30,32-37H2,1H3,(H,62,75)(H,63,73)(H,64,83)(H,65,82)(H,66,74)(H,76,77)(H,78,79)(H,80,81)/t38?,43-,45?/m0/s1. The van der Waals surface area contributed by atoms with Crippen LogP contribution in [0.25, 0.3) is 0 Å². The van der Waals surface area contributed by atoms with Crippen LogP contribution in [0.3, 0.4) is 0 Å². The molecule has 0 spiro atoms. The highest BCUT2D eigenvalue weighted by Gasteiger charge is 2.48. The molecule has 2 saturated heterocycles. The van der Waals surface area contributed by atoms with Crippen molar-refractivity contribution in [1.29, 1.82) is 5.26 Å². The van der Waals surface area contributed by atoms with Gasteiger partial charge in [-0.3, -0.25) is 72.5 Å². The van der Waals surface area contributed by atoms with E-state index in [4.69, 9.17) is 0 Å². The molecule has 1 aromatic carbocycles. The number of carbonyl (C=O) groups is 10. The minimum atomic E-state index is -3.21. The summed E-state index contributed by atoms with van der Waals surface area (Å²) in [6.45, 7) is 1.99. The smallest absolute Gasteiger partial charge is 0.317 e. The summed E-state index contributed by atoms with van der Waals surface area (Å²) in [7, 11) is 0. The number of alkyl halides is 2. The number of aromatic nitrogens is 1. The van der Waals surface area contributed by atoms with Gasteiger partial charge in [-0.25, -0.2) is 8.78 Å². The van der Waals surface area contributed by atoms with Gasteiger partial charge in [-0.1, -0.05) is 12.1 Å². The van der Waals surface area contributed by atoms with Crippen molar-refractivity contribution >= 4 is 81.7 Å². The van der Waals surface area contributed by atoms with E-state index in [9.17, 15) is 77.3 Å². The van der Waals surface area contributed by atoms with Crippen LogP contribution >= 0.6 is 22.6 Å². The molecule has 6 amide bonds. The van der Waals surface area contributed by atoms with Crippen molar-refractivity contribution in [3.05, 3.63) is 63.0 Å². The van der Waals surface area contributed by atoms with Gasteiger partial charge in [0.1, 0.15) is 23.9 Å². The molecule has 9 N–H and O–H groups in total. The number of aliphatic carboxylic acids is 3. The van der Waals surface area contributed by atoms with Crippen LogP contribution in [0, 0.1) is 14.9 Å². The lowest BCUT2D eigenvalue weighted by Gasteiger charge is -2.32. The van der Waals surface area contributed by atoms with Gasteiger partial charge in [0.2, 0.25) is 29.5 Å². The summed E-state index contributed by atoms with van der Waals surface area (Å²) in [5, 5.41) is 54.4. The predicted octanol–water partition coefficient (Wildman–Crippen LogP) is -0.105. The molecule has 0 saturated carbocycles. The molecular weight excluding hydrogens is 1220 g/mol. The average Bonchev–Trinajstić information content (AvgIpc) is 3.59. The summed E-state index contributed by atoms with van der Waals surface area (Å²) in [5.74, 6) is -9.80. The second kappa shape index (κ2) is 36.8. The topological polar surface area (TPSA) is 356 Å². The van der Waals surface area contributed by atoms with Gasteiger partial charge in [0.15, 0.2) is 0 Å². The molecule has 84 heavy (non-hydrogen) atoms. The summed E-state index contributed by atoms with van der Waals surface area (Å²) in [5.41, 5.74) is 1.66. The summed E-state index contributed by atoms with van der Waals surface area (Å²) < 4.78 is 29.0. The SMILES string of the molecule is CC(NC(=O)c1ccnc(CNCCC(=O)CCC(=O)NC(CCCCNC(=O)CN2CCN(CC(=O)O)CCN(CC(=O)O)CCN(CC(=O)O)CC2)C(=O)NCCNC(=O)CCCc2ccc(I)cc2)c1)C(=O)N1CC(F)(F)C[C@H]1C#N. The fourth-order valence-electron chi connectivity index (χ4n) is 9.28. The Balaban J connectivity index is 1.25. The number of likely N-dealkylation sites (tertiary alicyclic amines) is 1. The first-order valence-corrected chi connectivity index (χ1v) is 29.0. The Morgan fingerprint density at radius 1 is 0.690 bits per heavy atom. The lowest BCUT2D eigenvalue weighted by molar-refractivity contribution is -0.140. The maximum absolute atomic E-state index is 13.9. The van der Waals surface area contributed by atoms with Gasteiger partial charge in [0.05, 0.1) is 44.5 Å². The van der Waals surface area contributed by atoms with Crippen LogP contribution in [0.4, 0.5) is 8.78 Å². The van der Waals surface area contributed by atoms with E-state index in [-0.39, 0.29) is 167 Å². The highest BCUT2D eigenvalue weighted by Crippen LogP contribution is 2.32. The molecule has 4 rings (SSSR count). The minimum absolute atomic E-state index is 0.0263. The maximum atomic E-state index is 13.9. The largest absolute Gasteiger partial charge is 0.480 e. The molecule has 2 aliphatic heterocycles. The molecule has 0 bridgehead atoms. The maximum Gasteiger partial charge on any atom is 0.317 e. The first-order valence-electron chi connectivity index (χ1n) is 27.9. The third-order valence-corrected chi connectivity index (χ3v) is 14.5. The zero-order chi connectivity index (χ0) is 61.6. The van der Waals surface area contributed by atoms with Gasteiger partial charge >= 0.3 is 17.9 Å². The summed E-state index contributed by atoms with van der Waals surface area (Å²) in [4.78, 5) is 138. The van der Waals surface area contributed by atoms with Crippen molar-refractivity contribution in [3.63, 3.8) is 0 Å². The number of rotatable bonds is 33. The number of hydrogen-bond donors (Lipinski definition) is 9. The molecule has 2 aromatic rings. The van der Waals surface area contributed by atoms with E-state index >= 15 is 0 Å². The fraction of sp³-hybridized carbons (Fsp3) is 0.600. The minimum Gasteiger partial charge on any atom is -0.480 e. The average molecular weight is 1290 g/mol. The Kier molecular flexibility index (Phi) is 30.5. The van der Waals surface area contributed by atoms with Crippen LogP contribution in [-0.4, -0.2) is 239 Å². The molecule has 462 valence electrons. The second-order valence-electron chi connectivity index (χ2n) is 20.7. The van der Waals surface area contributed by atoms with E-state index in [0.717, 1.165) is 20.5 Å². The van der Waals surface area contributed by atoms with E-state index in [2.05, 4.69) is 59.5 Å². The Morgan fingerprint density at radius 2 is 1.26 bits per heavy atom. The van der Waals surface area contributed by atoms with Crippen LogP contribution in [0.2, 0.25) is 0 Å². The first kappa shape index (κ1) is 69.6. The highest BCUT2D eigenvalue weighted by molar-refractivity contribution is 14.1. The molecule has 2 aliphatic rings. The Morgan fingerprint density at radius 3 is 1.85 bits per heavy atom. The Hall–Kier alpha value is -6.85. The number of amides is 6. The highest BCUT2D eigenvalue weighted by atomic mass is 127. The summed E-state index contributed by atoms with van der Waals surface area (Å²) in [6, 6.07) is 9.03. The Labute approximate surface area is 500 Å². The number of unbranched alkanes of at least 4 members (excludes halogenated alkanes) is 1. The molecule has 2 fully saturated rings. The molecule has 0 aliphatic carbocycles. The number of nitriles is 1. The third-order valence-electron chi connectivity index (χ3n) is 13.8. The number of benzene rings is 1. The third kappa shape index (κ3) is 27.7. The van der Waals surface area contributed by atoms with Crippen molar-refractivity contribution in [3.8, 4) is 6.07 Å². The molecule has 2 unspecified atom stereocenters. The number of hydrogen-bond acceptors (Lipinski definition) is 17. The van der Waals surface area contributed by atoms with E-state index in [1.54, 1.807) is 25.7 Å². The van der Waals surface area contributed by atoms with Crippen molar-refractivity contribution in [2.45, 2.75) is 102 Å². The number of carboxylic acids is 3. The zero-order valence-corrected chi connectivity index (χ0v) is 49.4. The van der Waals surface area contributed by atoms with Crippen molar-refractivity contribution < 1.29 is 72.0 Å². The van der Waals surface area contributed by atoms with Crippen molar-refractivity contribution in [2.24, 2.45) is 0 Å². The van der Waals surface area contributed by atoms with Crippen LogP contribution in [0.1, 0.15) is 86.3 Å². The molecule has 0 radical (unpaired) electrons. The Bertz CT molecular complexity index is 2570. The van der Waals surface area contributed by atoms with E-state index < -0.39 is 78.6 Å². The molecule has 3 atom stereocenters. The number of carboxylic acid groups (broad SMARTS) is 3. The fourth-order valence-corrected chi connectivity index (χ4v) is 9.64. The number of pyridine rings is 1. The van der Waals surface area contributed by atoms with E-state index in [1.807, 2.05) is 24.3 Å². The number of nitrogens with one attached hydrogen (secondary N) is 6. The number of halogens is 3. The number of Topliss-reactive ketones (excluding diaryl/α,β-unsaturated/α-hetero) is 1. The first-order chi connectivity index (χ1) is 40.0. The van der Waals surface area contributed by atoms with E-state index in [1.165, 1.54) is 25.3 Å². The summed E-state index contributed by atoms with van der Waals surface area (Å²) in [6.07, 6.45) is 2.79. The number of carbonyl (C=O) groups excluding carboxylic acids is 7. The van der Waals surface area contributed by atoms with Gasteiger partial charge in [0.25, 0.3) is 11.8 Å². The lowest BCUT2D eigenvalue weighted by atomic mass is 10.1. The number of nitrogens with zero attached hydrogens (tertiary/aromatic N) is 7. The van der Waals surface area contributed by atoms with Gasteiger partial charge < -0.3 is 52.1 Å². The predicted molar refractivity (Wildman–Crippen MR) is 308 cm³/mol. The normalized spacial score (nSPS) is 17.0. The van der Waals surface area contributed by atoms with Crippen molar-refractivity contribution in [1.82, 2.24) is 61.4 Å². The second-order valence-corrected chi connectivity index (χ2v) is 22.0. The van der Waals surface area contributed by atoms with Gasteiger partial charge in [-0.05, 0) is 91.4 Å². The lowest BCUT2D eigenvalue weighted by Crippen LogP contribution is -2.49. The molecule has 1 aromatic heterocycles. The molecule has 29 heteroatoms. The van der Waals surface area contributed by atoms with Crippen LogP contribution in [0.5, 0.6) is 0 Å². The van der Waals surface area contributed by atoms with Crippen LogP contribution in [0.15, 0.2) is 42.6 Å². The molecule has 3 heterocycles. The molecule has 26 nitrogen and oxygen atoms in total.